The average molecular weight is 336 g/mol. The van der Waals surface area contributed by atoms with Crippen LogP contribution in [0, 0.1) is 5.92 Å². The molecule has 0 saturated carbocycles. The van der Waals surface area contributed by atoms with Gasteiger partial charge >= 0.3 is 0 Å². The summed E-state index contributed by atoms with van der Waals surface area (Å²) >= 11 is 0. The van der Waals surface area contributed by atoms with Gasteiger partial charge in [-0.3, -0.25) is 9.69 Å². The molecule has 1 aromatic rings. The minimum absolute atomic E-state index is 0.162. The fourth-order valence-electron chi connectivity index (χ4n) is 3.40. The van der Waals surface area contributed by atoms with Gasteiger partial charge in [0, 0.05) is 25.6 Å². The number of morpholine rings is 1. The van der Waals surface area contributed by atoms with E-state index in [0.29, 0.717) is 19.1 Å². The summed E-state index contributed by atoms with van der Waals surface area (Å²) in [5.41, 5.74) is 0. The van der Waals surface area contributed by atoms with Crippen LogP contribution in [0.15, 0.2) is 0 Å². The van der Waals surface area contributed by atoms with Crippen molar-refractivity contribution in [2.75, 3.05) is 39.4 Å². The summed E-state index contributed by atoms with van der Waals surface area (Å²) in [6.07, 6.45) is 4.07. The minimum atomic E-state index is 0.162. The zero-order valence-electron chi connectivity index (χ0n) is 14.6. The van der Waals surface area contributed by atoms with Crippen LogP contribution >= 0.6 is 0 Å². The second-order valence-electron chi connectivity index (χ2n) is 6.66. The molecule has 2 saturated heterocycles. The van der Waals surface area contributed by atoms with Crippen molar-refractivity contribution in [3.8, 4) is 0 Å². The summed E-state index contributed by atoms with van der Waals surface area (Å²) in [4.78, 5) is 16.9. The normalized spacial score (nSPS) is 20.5. The van der Waals surface area contributed by atoms with Crippen LogP contribution < -0.4 is 0 Å². The molecular weight excluding hydrogens is 308 g/mol. The zero-order valence-corrected chi connectivity index (χ0v) is 14.6. The van der Waals surface area contributed by atoms with Gasteiger partial charge in [0.1, 0.15) is 0 Å². The van der Waals surface area contributed by atoms with Crippen LogP contribution in [0.4, 0.5) is 0 Å². The second-order valence-corrected chi connectivity index (χ2v) is 6.66. The van der Waals surface area contributed by atoms with Gasteiger partial charge in [-0.2, -0.15) is 0 Å². The number of unbranched alkanes of at least 4 members (excludes halogenated alkanes) is 1. The maximum atomic E-state index is 12.6. The highest BCUT2D eigenvalue weighted by Crippen LogP contribution is 2.21. The molecule has 0 aliphatic carbocycles. The summed E-state index contributed by atoms with van der Waals surface area (Å²) in [7, 11) is 0. The summed E-state index contributed by atoms with van der Waals surface area (Å²) in [5, 5.41) is 12.1. The molecule has 3 heterocycles. The molecule has 1 aromatic heterocycles. The summed E-state index contributed by atoms with van der Waals surface area (Å²) in [6, 6.07) is 0. The molecule has 0 unspecified atom stereocenters. The number of ether oxygens (including phenoxy) is 1. The van der Waals surface area contributed by atoms with Crippen molar-refractivity contribution in [3.63, 3.8) is 0 Å². The number of amides is 1. The van der Waals surface area contributed by atoms with E-state index in [9.17, 15) is 4.79 Å². The van der Waals surface area contributed by atoms with E-state index in [4.69, 9.17) is 4.74 Å². The number of carbonyl (C=O) groups is 1. The number of likely N-dealkylation sites (tertiary alicyclic amines) is 1. The van der Waals surface area contributed by atoms with Crippen LogP contribution in [0.1, 0.15) is 38.4 Å². The van der Waals surface area contributed by atoms with Crippen LogP contribution in [0.2, 0.25) is 0 Å². The van der Waals surface area contributed by atoms with Gasteiger partial charge in [0.25, 0.3) is 0 Å². The third-order valence-electron chi connectivity index (χ3n) is 4.95. The van der Waals surface area contributed by atoms with E-state index in [-0.39, 0.29) is 5.92 Å². The van der Waals surface area contributed by atoms with Gasteiger partial charge in [-0.1, -0.05) is 13.3 Å². The number of hydrogen-bond donors (Lipinski definition) is 0. The van der Waals surface area contributed by atoms with Gasteiger partial charge in [-0.05, 0) is 42.8 Å². The Morgan fingerprint density at radius 3 is 2.67 bits per heavy atom. The fraction of sp³-hybridized carbons (Fsp3) is 0.875. The standard InChI is InChI=1S/C16H28N6O2/c1-2-3-6-22-15(17-18-19-22)13-20-7-4-14(5-8-20)16(23)21-9-11-24-12-10-21/h14H,2-13H2,1H3. The van der Waals surface area contributed by atoms with E-state index in [1.807, 2.05) is 9.58 Å². The molecule has 1 amide bonds. The molecule has 2 aliphatic heterocycles. The third-order valence-corrected chi connectivity index (χ3v) is 4.95. The topological polar surface area (TPSA) is 76.4 Å². The lowest BCUT2D eigenvalue weighted by Gasteiger charge is -2.35. The quantitative estimate of drug-likeness (QED) is 0.755. The number of piperidine rings is 1. The Balaban J connectivity index is 1.46. The van der Waals surface area contributed by atoms with Crippen LogP contribution in [0.5, 0.6) is 0 Å². The van der Waals surface area contributed by atoms with Gasteiger partial charge in [-0.15, -0.1) is 5.10 Å². The molecule has 2 aliphatic rings. The Hall–Kier alpha value is -1.54. The number of rotatable bonds is 6. The fourth-order valence-corrected chi connectivity index (χ4v) is 3.40. The molecule has 0 bridgehead atoms. The van der Waals surface area contributed by atoms with Gasteiger partial charge in [0.05, 0.1) is 19.8 Å². The lowest BCUT2D eigenvalue weighted by Crippen LogP contribution is -2.46. The van der Waals surface area contributed by atoms with Crippen molar-refractivity contribution < 1.29 is 9.53 Å². The third kappa shape index (κ3) is 4.30. The molecule has 8 nitrogen and oxygen atoms in total. The Bertz CT molecular complexity index is 520. The van der Waals surface area contributed by atoms with Gasteiger partial charge < -0.3 is 9.64 Å². The van der Waals surface area contributed by atoms with Gasteiger partial charge in [0.15, 0.2) is 5.82 Å². The Kier molecular flexibility index (Phi) is 6.14. The highest BCUT2D eigenvalue weighted by molar-refractivity contribution is 5.79. The van der Waals surface area contributed by atoms with Crippen LogP contribution in [-0.4, -0.2) is 75.3 Å². The van der Waals surface area contributed by atoms with E-state index in [1.165, 1.54) is 0 Å². The predicted molar refractivity (Wildman–Crippen MR) is 88.1 cm³/mol. The van der Waals surface area contributed by atoms with Gasteiger partial charge in [-0.25, -0.2) is 4.68 Å². The first kappa shape index (κ1) is 17.3. The molecule has 3 rings (SSSR count). The molecule has 0 N–H and O–H groups in total. The number of hydrogen-bond acceptors (Lipinski definition) is 6. The largest absolute Gasteiger partial charge is 0.378 e. The Morgan fingerprint density at radius 1 is 1.21 bits per heavy atom. The summed E-state index contributed by atoms with van der Waals surface area (Å²) < 4.78 is 7.24. The number of nitrogens with zero attached hydrogens (tertiary/aromatic N) is 6. The Morgan fingerprint density at radius 2 is 1.96 bits per heavy atom. The van der Waals surface area contributed by atoms with E-state index in [1.54, 1.807) is 0 Å². The molecule has 8 heteroatoms. The molecule has 0 aromatic carbocycles. The zero-order chi connectivity index (χ0) is 16.8. The second kappa shape index (κ2) is 8.53. The van der Waals surface area contributed by atoms with Crippen LogP contribution in [0.3, 0.4) is 0 Å². The van der Waals surface area contributed by atoms with Crippen molar-refractivity contribution in [1.82, 2.24) is 30.0 Å². The minimum Gasteiger partial charge on any atom is -0.378 e. The first-order valence-corrected chi connectivity index (χ1v) is 9.12. The van der Waals surface area contributed by atoms with E-state index in [2.05, 4.69) is 27.3 Å². The molecule has 134 valence electrons. The number of tetrazole rings is 1. The summed E-state index contributed by atoms with van der Waals surface area (Å²) in [6.45, 7) is 8.51. The smallest absolute Gasteiger partial charge is 0.225 e. The predicted octanol–water partition coefficient (Wildman–Crippen LogP) is 0.544. The molecule has 0 radical (unpaired) electrons. The van der Waals surface area contributed by atoms with E-state index in [0.717, 1.165) is 70.8 Å². The molecular formula is C16H28N6O2. The van der Waals surface area contributed by atoms with Crippen LogP contribution in [-0.2, 0) is 22.6 Å². The van der Waals surface area contributed by atoms with Crippen molar-refractivity contribution in [2.24, 2.45) is 5.92 Å². The van der Waals surface area contributed by atoms with Crippen molar-refractivity contribution in [3.05, 3.63) is 5.82 Å². The first-order chi connectivity index (χ1) is 11.8. The number of aryl methyl sites for hydroxylation is 1. The van der Waals surface area contributed by atoms with Crippen molar-refractivity contribution >= 4 is 5.91 Å². The number of aromatic nitrogens is 4. The Labute approximate surface area is 143 Å². The molecule has 0 atom stereocenters. The van der Waals surface area contributed by atoms with Gasteiger partial charge in [0.2, 0.25) is 5.91 Å². The summed E-state index contributed by atoms with van der Waals surface area (Å²) in [5.74, 6) is 1.41. The maximum absolute atomic E-state index is 12.6. The van der Waals surface area contributed by atoms with Crippen molar-refractivity contribution in [1.29, 1.82) is 0 Å². The molecule has 2 fully saturated rings. The maximum Gasteiger partial charge on any atom is 0.225 e. The lowest BCUT2D eigenvalue weighted by atomic mass is 9.95. The highest BCUT2D eigenvalue weighted by atomic mass is 16.5. The first-order valence-electron chi connectivity index (χ1n) is 9.12. The van der Waals surface area contributed by atoms with E-state index >= 15 is 0 Å². The van der Waals surface area contributed by atoms with Crippen LogP contribution in [0.25, 0.3) is 0 Å². The highest BCUT2D eigenvalue weighted by Gasteiger charge is 2.29. The average Bonchev–Trinajstić information content (AvgIpc) is 3.07. The lowest BCUT2D eigenvalue weighted by molar-refractivity contribution is -0.141. The monoisotopic (exact) mass is 336 g/mol. The number of carbonyl (C=O) groups excluding carboxylic acids is 1. The van der Waals surface area contributed by atoms with Crippen molar-refractivity contribution in [2.45, 2.75) is 45.7 Å². The molecule has 0 spiro atoms. The SMILES string of the molecule is CCCCn1nnnc1CN1CCC(C(=O)N2CCOCC2)CC1. The molecule has 24 heavy (non-hydrogen) atoms. The van der Waals surface area contributed by atoms with E-state index < -0.39 is 0 Å².